The second kappa shape index (κ2) is 10.8. The van der Waals surface area contributed by atoms with E-state index in [1.54, 1.807) is 0 Å². The molecular formula is C43H29Cl. The Hall–Kier alpha value is -5.17. The van der Waals surface area contributed by atoms with Gasteiger partial charge in [0.2, 0.25) is 0 Å². The predicted molar refractivity (Wildman–Crippen MR) is 185 cm³/mol. The molecule has 7 aromatic rings. The van der Waals surface area contributed by atoms with Crippen LogP contribution in [0.5, 0.6) is 0 Å². The zero-order valence-electron chi connectivity index (χ0n) is 24.1. The van der Waals surface area contributed by atoms with Crippen molar-refractivity contribution in [1.82, 2.24) is 0 Å². The van der Waals surface area contributed by atoms with Gasteiger partial charge < -0.3 is 0 Å². The van der Waals surface area contributed by atoms with Gasteiger partial charge in [-0.25, -0.2) is 0 Å². The Balaban J connectivity index is 1.48. The highest BCUT2D eigenvalue weighted by molar-refractivity contribution is 6.33. The average Bonchev–Trinajstić information content (AvgIpc) is 3.41. The summed E-state index contributed by atoms with van der Waals surface area (Å²) in [4.78, 5) is 0. The molecule has 0 nitrogen and oxygen atoms in total. The quantitative estimate of drug-likeness (QED) is 0.190. The van der Waals surface area contributed by atoms with Gasteiger partial charge in [0.1, 0.15) is 0 Å². The number of hydrogen-bond donors (Lipinski definition) is 0. The van der Waals surface area contributed by atoms with Gasteiger partial charge in [0.05, 0.1) is 5.41 Å². The van der Waals surface area contributed by atoms with Crippen LogP contribution in [0.25, 0.3) is 44.5 Å². The Morgan fingerprint density at radius 3 is 1.57 bits per heavy atom. The van der Waals surface area contributed by atoms with Crippen molar-refractivity contribution >= 4 is 11.6 Å². The first-order valence-electron chi connectivity index (χ1n) is 15.1. The number of fused-ring (bicyclic) bond motifs is 3. The van der Waals surface area contributed by atoms with Gasteiger partial charge in [0.25, 0.3) is 0 Å². The van der Waals surface area contributed by atoms with Gasteiger partial charge >= 0.3 is 0 Å². The van der Waals surface area contributed by atoms with E-state index in [-0.39, 0.29) is 0 Å². The number of hydrogen-bond acceptors (Lipinski definition) is 0. The molecule has 0 fully saturated rings. The Bertz CT molecular complexity index is 2110. The fourth-order valence-corrected chi connectivity index (χ4v) is 7.44. The summed E-state index contributed by atoms with van der Waals surface area (Å²) >= 11 is 7.06. The molecule has 44 heavy (non-hydrogen) atoms. The fraction of sp³-hybridized carbons (Fsp3) is 0.0233. The Morgan fingerprint density at radius 1 is 0.341 bits per heavy atom. The third-order valence-corrected chi connectivity index (χ3v) is 9.38. The minimum atomic E-state index is -0.529. The van der Waals surface area contributed by atoms with Crippen molar-refractivity contribution in [2.75, 3.05) is 0 Å². The van der Waals surface area contributed by atoms with E-state index in [4.69, 9.17) is 11.6 Å². The van der Waals surface area contributed by atoms with Crippen LogP contribution in [0, 0.1) is 0 Å². The first-order chi connectivity index (χ1) is 21.8. The Morgan fingerprint density at radius 2 is 0.864 bits per heavy atom. The molecule has 1 heteroatoms. The molecule has 0 N–H and O–H groups in total. The van der Waals surface area contributed by atoms with Crippen LogP contribution in [0.3, 0.4) is 0 Å². The van der Waals surface area contributed by atoms with Crippen LogP contribution >= 0.6 is 11.6 Å². The predicted octanol–water partition coefficient (Wildman–Crippen LogP) is 11.7. The Labute approximate surface area is 263 Å². The summed E-state index contributed by atoms with van der Waals surface area (Å²) in [5.74, 6) is 0. The van der Waals surface area contributed by atoms with E-state index in [0.29, 0.717) is 0 Å². The van der Waals surface area contributed by atoms with Crippen molar-refractivity contribution < 1.29 is 0 Å². The molecule has 8 rings (SSSR count). The van der Waals surface area contributed by atoms with E-state index in [9.17, 15) is 0 Å². The molecule has 0 aliphatic heterocycles. The maximum Gasteiger partial charge on any atom is 0.0719 e. The largest absolute Gasteiger partial charge is 0.0837 e. The minimum Gasteiger partial charge on any atom is -0.0837 e. The van der Waals surface area contributed by atoms with Crippen molar-refractivity contribution in [1.29, 1.82) is 0 Å². The van der Waals surface area contributed by atoms with Crippen molar-refractivity contribution in [2.24, 2.45) is 0 Å². The highest BCUT2D eigenvalue weighted by Gasteiger charge is 2.47. The number of halogens is 1. The summed E-state index contributed by atoms with van der Waals surface area (Å²) in [7, 11) is 0. The molecule has 1 aliphatic rings. The normalized spacial score (nSPS) is 15.0. The molecule has 1 unspecified atom stereocenters. The SMILES string of the molecule is Clc1ccc(-c2ccccc2)cc1-c1cccc2c1-c1ccccc1C2(c1ccccc1)c1ccccc1-c1ccccc1. The molecule has 1 aliphatic carbocycles. The molecular weight excluding hydrogens is 552 g/mol. The molecule has 7 aromatic carbocycles. The van der Waals surface area contributed by atoms with Gasteiger partial charge in [-0.05, 0) is 73.3 Å². The molecule has 0 heterocycles. The van der Waals surface area contributed by atoms with E-state index in [1.807, 2.05) is 6.07 Å². The first kappa shape index (κ1) is 26.5. The molecule has 0 saturated carbocycles. The molecule has 208 valence electrons. The Kier molecular flexibility index (Phi) is 6.51. The lowest BCUT2D eigenvalue weighted by atomic mass is 9.65. The summed E-state index contributed by atoms with van der Waals surface area (Å²) in [5, 5.41) is 0.748. The van der Waals surface area contributed by atoms with Crippen molar-refractivity contribution in [2.45, 2.75) is 5.41 Å². The van der Waals surface area contributed by atoms with Crippen molar-refractivity contribution in [3.8, 4) is 44.5 Å². The van der Waals surface area contributed by atoms with E-state index in [1.165, 1.54) is 50.1 Å². The second-order valence-corrected chi connectivity index (χ2v) is 11.8. The fourth-order valence-electron chi connectivity index (χ4n) is 7.22. The molecule has 1 atom stereocenters. The average molecular weight is 581 g/mol. The zero-order chi connectivity index (χ0) is 29.5. The van der Waals surface area contributed by atoms with Gasteiger partial charge in [0.15, 0.2) is 0 Å². The van der Waals surface area contributed by atoms with Gasteiger partial charge in [-0.2, -0.15) is 0 Å². The highest BCUT2D eigenvalue weighted by atomic mass is 35.5. The van der Waals surface area contributed by atoms with Crippen LogP contribution in [0.4, 0.5) is 0 Å². The first-order valence-corrected chi connectivity index (χ1v) is 15.4. The van der Waals surface area contributed by atoms with Gasteiger partial charge in [-0.15, -0.1) is 0 Å². The van der Waals surface area contributed by atoms with E-state index < -0.39 is 5.41 Å². The highest BCUT2D eigenvalue weighted by Crippen LogP contribution is 2.59. The zero-order valence-corrected chi connectivity index (χ0v) is 24.9. The lowest BCUT2D eigenvalue weighted by Gasteiger charge is -2.35. The standard InChI is InChI=1S/C43H29Cl/c44-41-28-27-32(30-15-4-1-5-16-30)29-37(41)35-23-14-26-40-42(35)36-22-11-13-25-39(36)43(40,33-19-8-3-9-20-33)38-24-12-10-21-34(38)31-17-6-2-7-18-31/h1-29H. The third kappa shape index (κ3) is 4.07. The molecule has 0 aromatic heterocycles. The van der Waals surface area contributed by atoms with Gasteiger partial charge in [0, 0.05) is 10.6 Å². The number of rotatable bonds is 5. The van der Waals surface area contributed by atoms with Crippen LogP contribution in [0.1, 0.15) is 22.3 Å². The molecule has 0 saturated heterocycles. The van der Waals surface area contributed by atoms with E-state index in [0.717, 1.165) is 21.7 Å². The summed E-state index contributed by atoms with van der Waals surface area (Å²) in [5.41, 5.74) is 14.0. The van der Waals surface area contributed by atoms with Crippen LogP contribution in [0.2, 0.25) is 5.02 Å². The van der Waals surface area contributed by atoms with Crippen LogP contribution in [0.15, 0.2) is 176 Å². The summed E-state index contributed by atoms with van der Waals surface area (Å²) < 4.78 is 0. The van der Waals surface area contributed by atoms with E-state index >= 15 is 0 Å². The van der Waals surface area contributed by atoms with Crippen LogP contribution in [-0.4, -0.2) is 0 Å². The third-order valence-electron chi connectivity index (χ3n) is 9.06. The molecule has 0 amide bonds. The maximum atomic E-state index is 7.06. The lowest BCUT2D eigenvalue weighted by molar-refractivity contribution is 0.770. The molecule has 0 spiro atoms. The monoisotopic (exact) mass is 580 g/mol. The van der Waals surface area contributed by atoms with Crippen LogP contribution in [-0.2, 0) is 5.41 Å². The van der Waals surface area contributed by atoms with E-state index in [2.05, 4.69) is 170 Å². The maximum absolute atomic E-state index is 7.06. The minimum absolute atomic E-state index is 0.529. The summed E-state index contributed by atoms with van der Waals surface area (Å²) in [6.07, 6.45) is 0. The summed E-state index contributed by atoms with van der Waals surface area (Å²) in [6, 6.07) is 63.3. The van der Waals surface area contributed by atoms with Crippen LogP contribution < -0.4 is 0 Å². The molecule has 0 bridgehead atoms. The topological polar surface area (TPSA) is 0 Å². The number of benzene rings is 7. The van der Waals surface area contributed by atoms with Gasteiger partial charge in [-0.3, -0.25) is 0 Å². The molecule has 0 radical (unpaired) electrons. The van der Waals surface area contributed by atoms with Gasteiger partial charge in [-0.1, -0.05) is 175 Å². The van der Waals surface area contributed by atoms with Crippen molar-refractivity contribution in [3.63, 3.8) is 0 Å². The second-order valence-electron chi connectivity index (χ2n) is 11.4. The lowest BCUT2D eigenvalue weighted by Crippen LogP contribution is -2.29. The smallest absolute Gasteiger partial charge is 0.0719 e. The van der Waals surface area contributed by atoms with Crippen molar-refractivity contribution in [3.05, 3.63) is 203 Å². The summed E-state index contributed by atoms with van der Waals surface area (Å²) in [6.45, 7) is 0.